The number of benzene rings is 2. The summed E-state index contributed by atoms with van der Waals surface area (Å²) in [5.41, 5.74) is 2.77. The van der Waals surface area contributed by atoms with Gasteiger partial charge in [0.25, 0.3) is 5.91 Å². The molecular formula is C15H16N2O3S. The van der Waals surface area contributed by atoms with Crippen LogP contribution in [0.5, 0.6) is 0 Å². The standard InChI is InChI=1S/C15H16N2O3S/c1-10-7-8-12(9-11(10)2)17-15(18)13-5-3-4-6-14(13)21(16,19)20/h3-9H,1-2H3,(H,17,18)(H2,16,19,20). The van der Waals surface area contributed by atoms with E-state index in [4.69, 9.17) is 5.14 Å². The number of carbonyl (C=O) groups excluding carboxylic acids is 1. The number of sulfonamides is 1. The third-order valence-corrected chi connectivity index (χ3v) is 4.17. The number of nitrogens with one attached hydrogen (secondary N) is 1. The normalized spacial score (nSPS) is 11.2. The van der Waals surface area contributed by atoms with Crippen molar-refractivity contribution >= 4 is 21.6 Å². The van der Waals surface area contributed by atoms with Crippen LogP contribution in [-0.2, 0) is 10.0 Å². The number of nitrogens with two attached hydrogens (primary N) is 1. The summed E-state index contributed by atoms with van der Waals surface area (Å²) in [6.45, 7) is 3.90. The van der Waals surface area contributed by atoms with Crippen molar-refractivity contribution in [2.45, 2.75) is 18.7 Å². The minimum Gasteiger partial charge on any atom is -0.322 e. The summed E-state index contributed by atoms with van der Waals surface area (Å²) < 4.78 is 23.0. The van der Waals surface area contributed by atoms with Gasteiger partial charge in [-0.15, -0.1) is 0 Å². The molecule has 0 unspecified atom stereocenters. The van der Waals surface area contributed by atoms with E-state index in [-0.39, 0.29) is 10.5 Å². The molecular weight excluding hydrogens is 288 g/mol. The molecule has 2 rings (SSSR count). The van der Waals surface area contributed by atoms with Crippen LogP contribution in [0.15, 0.2) is 47.4 Å². The Morgan fingerprint density at radius 3 is 2.33 bits per heavy atom. The molecule has 0 saturated heterocycles. The molecule has 0 aliphatic heterocycles. The number of amides is 1. The number of primary sulfonamides is 1. The topological polar surface area (TPSA) is 89.3 Å². The highest BCUT2D eigenvalue weighted by atomic mass is 32.2. The summed E-state index contributed by atoms with van der Waals surface area (Å²) in [5, 5.41) is 7.80. The van der Waals surface area contributed by atoms with Gasteiger partial charge < -0.3 is 5.32 Å². The Bertz CT molecular complexity index is 798. The highest BCUT2D eigenvalue weighted by Gasteiger charge is 2.18. The monoisotopic (exact) mass is 304 g/mol. The highest BCUT2D eigenvalue weighted by molar-refractivity contribution is 7.89. The lowest BCUT2D eigenvalue weighted by Crippen LogP contribution is -2.20. The van der Waals surface area contributed by atoms with Gasteiger partial charge in [0.1, 0.15) is 0 Å². The second-order valence-corrected chi connectivity index (χ2v) is 6.32. The predicted molar refractivity (Wildman–Crippen MR) is 81.7 cm³/mol. The zero-order valence-electron chi connectivity index (χ0n) is 11.8. The molecule has 0 heterocycles. The lowest BCUT2D eigenvalue weighted by atomic mass is 10.1. The van der Waals surface area contributed by atoms with Crippen LogP contribution in [0.2, 0.25) is 0 Å². The molecule has 0 fully saturated rings. The Labute approximate surface area is 123 Å². The minimum atomic E-state index is -3.95. The Hall–Kier alpha value is -2.18. The van der Waals surface area contributed by atoms with Gasteiger partial charge in [0.2, 0.25) is 10.0 Å². The Kier molecular flexibility index (Phi) is 4.11. The molecule has 0 aliphatic rings. The number of anilines is 1. The second-order valence-electron chi connectivity index (χ2n) is 4.79. The van der Waals surface area contributed by atoms with Gasteiger partial charge in [0.15, 0.2) is 0 Å². The fraction of sp³-hybridized carbons (Fsp3) is 0.133. The van der Waals surface area contributed by atoms with Crippen LogP contribution in [0, 0.1) is 13.8 Å². The van der Waals surface area contributed by atoms with Crippen molar-refractivity contribution in [3.8, 4) is 0 Å². The summed E-state index contributed by atoms with van der Waals surface area (Å²) >= 11 is 0. The van der Waals surface area contributed by atoms with Crippen LogP contribution in [0.25, 0.3) is 0 Å². The Morgan fingerprint density at radius 1 is 1.05 bits per heavy atom. The summed E-state index contributed by atoms with van der Waals surface area (Å²) in [6.07, 6.45) is 0. The smallest absolute Gasteiger partial charge is 0.257 e. The maximum atomic E-state index is 12.2. The zero-order valence-corrected chi connectivity index (χ0v) is 12.6. The van der Waals surface area contributed by atoms with E-state index in [1.807, 2.05) is 26.0 Å². The van der Waals surface area contributed by atoms with Crippen molar-refractivity contribution in [3.63, 3.8) is 0 Å². The molecule has 0 radical (unpaired) electrons. The molecule has 0 aromatic heterocycles. The SMILES string of the molecule is Cc1ccc(NC(=O)c2ccccc2S(N)(=O)=O)cc1C. The first-order chi connectivity index (χ1) is 9.79. The van der Waals surface area contributed by atoms with Gasteiger partial charge >= 0.3 is 0 Å². The maximum Gasteiger partial charge on any atom is 0.257 e. The molecule has 110 valence electrons. The van der Waals surface area contributed by atoms with Crippen molar-refractivity contribution in [2.75, 3.05) is 5.32 Å². The van der Waals surface area contributed by atoms with Gasteiger partial charge in [-0.3, -0.25) is 4.79 Å². The lowest BCUT2D eigenvalue weighted by molar-refractivity contribution is 0.102. The van der Waals surface area contributed by atoms with Gasteiger partial charge in [-0.25, -0.2) is 13.6 Å². The average Bonchev–Trinajstić information content (AvgIpc) is 2.42. The summed E-state index contributed by atoms with van der Waals surface area (Å²) in [6, 6.07) is 11.3. The first-order valence-electron chi connectivity index (χ1n) is 6.29. The highest BCUT2D eigenvalue weighted by Crippen LogP contribution is 2.18. The van der Waals surface area contributed by atoms with Crippen LogP contribution in [0.3, 0.4) is 0 Å². The third-order valence-electron chi connectivity index (χ3n) is 3.20. The Balaban J connectivity index is 2.35. The second kappa shape index (κ2) is 5.67. The molecule has 0 saturated carbocycles. The maximum absolute atomic E-state index is 12.2. The molecule has 5 nitrogen and oxygen atoms in total. The van der Waals surface area contributed by atoms with E-state index in [0.29, 0.717) is 5.69 Å². The number of carbonyl (C=O) groups is 1. The van der Waals surface area contributed by atoms with Gasteiger partial charge in [-0.1, -0.05) is 18.2 Å². The van der Waals surface area contributed by atoms with Gasteiger partial charge in [-0.05, 0) is 49.2 Å². The molecule has 3 N–H and O–H groups in total. The molecule has 0 bridgehead atoms. The van der Waals surface area contributed by atoms with E-state index in [2.05, 4.69) is 5.32 Å². The van der Waals surface area contributed by atoms with E-state index in [0.717, 1.165) is 11.1 Å². The van der Waals surface area contributed by atoms with Gasteiger partial charge in [0, 0.05) is 5.69 Å². The van der Waals surface area contributed by atoms with E-state index in [1.165, 1.54) is 18.2 Å². The third kappa shape index (κ3) is 3.48. The lowest BCUT2D eigenvalue weighted by Gasteiger charge is -2.10. The average molecular weight is 304 g/mol. The van der Waals surface area contributed by atoms with Crippen LogP contribution in [0.4, 0.5) is 5.69 Å². The number of aryl methyl sites for hydroxylation is 2. The molecule has 6 heteroatoms. The molecule has 0 aliphatic carbocycles. The number of rotatable bonds is 3. The molecule has 2 aromatic rings. The minimum absolute atomic E-state index is 0.0261. The quantitative estimate of drug-likeness (QED) is 0.911. The fourth-order valence-electron chi connectivity index (χ4n) is 1.92. The molecule has 0 spiro atoms. The summed E-state index contributed by atoms with van der Waals surface area (Å²) in [7, 11) is -3.95. The summed E-state index contributed by atoms with van der Waals surface area (Å²) in [5.74, 6) is -0.511. The molecule has 1 amide bonds. The van der Waals surface area contributed by atoms with E-state index in [9.17, 15) is 13.2 Å². The number of hydrogen-bond donors (Lipinski definition) is 2. The zero-order chi connectivity index (χ0) is 15.6. The van der Waals surface area contributed by atoms with Crippen molar-refractivity contribution in [1.82, 2.24) is 0 Å². The Morgan fingerprint density at radius 2 is 1.71 bits per heavy atom. The van der Waals surface area contributed by atoms with Crippen molar-refractivity contribution < 1.29 is 13.2 Å². The first kappa shape index (κ1) is 15.2. The predicted octanol–water partition coefficient (Wildman–Crippen LogP) is 2.20. The molecule has 2 aromatic carbocycles. The van der Waals surface area contributed by atoms with E-state index in [1.54, 1.807) is 12.1 Å². The van der Waals surface area contributed by atoms with E-state index < -0.39 is 15.9 Å². The summed E-state index contributed by atoms with van der Waals surface area (Å²) in [4.78, 5) is 12.1. The fourth-order valence-corrected chi connectivity index (χ4v) is 2.66. The molecule has 0 atom stereocenters. The largest absolute Gasteiger partial charge is 0.322 e. The van der Waals surface area contributed by atoms with Crippen LogP contribution in [-0.4, -0.2) is 14.3 Å². The van der Waals surface area contributed by atoms with Crippen molar-refractivity contribution in [3.05, 3.63) is 59.2 Å². The van der Waals surface area contributed by atoms with Gasteiger partial charge in [-0.2, -0.15) is 0 Å². The van der Waals surface area contributed by atoms with E-state index >= 15 is 0 Å². The van der Waals surface area contributed by atoms with Crippen molar-refractivity contribution in [1.29, 1.82) is 0 Å². The van der Waals surface area contributed by atoms with Crippen molar-refractivity contribution in [2.24, 2.45) is 5.14 Å². The first-order valence-corrected chi connectivity index (χ1v) is 7.84. The molecule has 21 heavy (non-hydrogen) atoms. The van der Waals surface area contributed by atoms with Crippen LogP contribution >= 0.6 is 0 Å². The van der Waals surface area contributed by atoms with Crippen LogP contribution < -0.4 is 10.5 Å². The van der Waals surface area contributed by atoms with Crippen LogP contribution in [0.1, 0.15) is 21.5 Å². The number of hydrogen-bond acceptors (Lipinski definition) is 3. The van der Waals surface area contributed by atoms with Gasteiger partial charge in [0.05, 0.1) is 10.5 Å².